The number of hydrogen-bond donors (Lipinski definition) is 0. The molecule has 0 atom stereocenters. The lowest BCUT2D eigenvalue weighted by molar-refractivity contribution is 0.200. The fourth-order valence-corrected chi connectivity index (χ4v) is 5.16. The maximum Gasteiger partial charge on any atom is 0.191 e. The summed E-state index contributed by atoms with van der Waals surface area (Å²) in [5.74, 6) is 2.80. The number of likely N-dealkylation sites (tertiary alicyclic amines) is 2. The molecule has 2 saturated heterocycles. The Bertz CT molecular complexity index is 687. The lowest BCUT2D eigenvalue weighted by atomic mass is 9.96. The van der Waals surface area contributed by atoms with Gasteiger partial charge in [-0.05, 0) is 57.9 Å². The second-order valence-corrected chi connectivity index (χ2v) is 8.89. The van der Waals surface area contributed by atoms with E-state index in [2.05, 4.69) is 37.7 Å². The van der Waals surface area contributed by atoms with Crippen LogP contribution in [0, 0.1) is 0 Å². The number of piperidine rings is 2. The van der Waals surface area contributed by atoms with Crippen LogP contribution >= 0.6 is 11.8 Å². The molecule has 0 saturated carbocycles. The van der Waals surface area contributed by atoms with Crippen molar-refractivity contribution in [3.05, 3.63) is 30.0 Å². The molecular weight excluding hydrogens is 358 g/mol. The van der Waals surface area contributed by atoms with Crippen molar-refractivity contribution in [1.82, 2.24) is 24.6 Å². The highest BCUT2D eigenvalue weighted by Gasteiger charge is 2.25. The molecule has 7 heteroatoms. The molecule has 148 valence electrons. The van der Waals surface area contributed by atoms with E-state index in [9.17, 15) is 0 Å². The van der Waals surface area contributed by atoms with Crippen LogP contribution in [0.15, 0.2) is 28.2 Å². The molecule has 4 rings (SSSR count). The van der Waals surface area contributed by atoms with Crippen LogP contribution in [0.25, 0.3) is 0 Å². The molecular formula is C20H31N5OS. The minimum atomic E-state index is 0.527. The van der Waals surface area contributed by atoms with Crippen LogP contribution in [0.1, 0.15) is 49.4 Å². The van der Waals surface area contributed by atoms with Crippen LogP contribution in [-0.4, -0.2) is 63.0 Å². The molecule has 2 aromatic rings. The SMILES string of the molecule is Cn1c(SCCN2CCCCC2)nnc1C1CCN(Cc2ccoc2)CC1. The standard InChI is InChI=1S/C20H31N5OS/c1-23-19(18-5-10-25(11-6-18)15-17-7-13-26-16-17)21-22-20(23)27-14-12-24-8-3-2-4-9-24/h7,13,16,18H,2-6,8-12,14-15H2,1H3. The quantitative estimate of drug-likeness (QED) is 0.677. The summed E-state index contributed by atoms with van der Waals surface area (Å²) in [6.07, 6.45) is 10.0. The van der Waals surface area contributed by atoms with Crippen LogP contribution in [-0.2, 0) is 13.6 Å². The van der Waals surface area contributed by atoms with E-state index in [1.165, 1.54) is 50.3 Å². The van der Waals surface area contributed by atoms with Crippen molar-refractivity contribution in [2.45, 2.75) is 49.7 Å². The Balaban J connectivity index is 1.25. The highest BCUT2D eigenvalue weighted by molar-refractivity contribution is 7.99. The van der Waals surface area contributed by atoms with Gasteiger partial charge in [0, 0.05) is 37.4 Å². The van der Waals surface area contributed by atoms with Gasteiger partial charge in [0.25, 0.3) is 0 Å². The van der Waals surface area contributed by atoms with Gasteiger partial charge in [-0.3, -0.25) is 4.90 Å². The third kappa shape index (κ3) is 4.95. The van der Waals surface area contributed by atoms with E-state index in [4.69, 9.17) is 4.42 Å². The number of nitrogens with zero attached hydrogens (tertiary/aromatic N) is 5. The molecule has 27 heavy (non-hydrogen) atoms. The largest absolute Gasteiger partial charge is 0.472 e. The average molecular weight is 390 g/mol. The molecule has 0 radical (unpaired) electrons. The number of rotatable bonds is 7. The maximum absolute atomic E-state index is 5.18. The number of furan rings is 1. The molecule has 2 aliphatic heterocycles. The van der Waals surface area contributed by atoms with Crippen molar-refractivity contribution in [1.29, 1.82) is 0 Å². The van der Waals surface area contributed by atoms with Gasteiger partial charge in [0.05, 0.1) is 12.5 Å². The molecule has 0 aromatic carbocycles. The van der Waals surface area contributed by atoms with Crippen LogP contribution < -0.4 is 0 Å². The Morgan fingerprint density at radius 3 is 2.63 bits per heavy atom. The van der Waals surface area contributed by atoms with Gasteiger partial charge in [-0.15, -0.1) is 10.2 Å². The van der Waals surface area contributed by atoms with Gasteiger partial charge in [-0.25, -0.2) is 0 Å². The summed E-state index contributed by atoms with van der Waals surface area (Å²) >= 11 is 1.86. The van der Waals surface area contributed by atoms with Crippen molar-refractivity contribution in [3.63, 3.8) is 0 Å². The van der Waals surface area contributed by atoms with E-state index >= 15 is 0 Å². The Morgan fingerprint density at radius 2 is 1.89 bits per heavy atom. The van der Waals surface area contributed by atoms with E-state index in [1.54, 1.807) is 6.26 Å². The van der Waals surface area contributed by atoms with Gasteiger partial charge >= 0.3 is 0 Å². The fraction of sp³-hybridized carbons (Fsp3) is 0.700. The molecule has 4 heterocycles. The molecule has 0 amide bonds. The zero-order chi connectivity index (χ0) is 18.5. The number of aromatic nitrogens is 3. The summed E-state index contributed by atoms with van der Waals surface area (Å²) in [7, 11) is 2.14. The zero-order valence-electron chi connectivity index (χ0n) is 16.3. The second kappa shape index (κ2) is 9.26. The smallest absolute Gasteiger partial charge is 0.191 e. The summed E-state index contributed by atoms with van der Waals surface area (Å²) in [6.45, 7) is 6.91. The minimum Gasteiger partial charge on any atom is -0.472 e. The van der Waals surface area contributed by atoms with Crippen LogP contribution in [0.2, 0.25) is 0 Å². The first-order chi connectivity index (χ1) is 13.3. The summed E-state index contributed by atoms with van der Waals surface area (Å²) < 4.78 is 7.42. The summed E-state index contributed by atoms with van der Waals surface area (Å²) in [4.78, 5) is 5.09. The second-order valence-electron chi connectivity index (χ2n) is 7.83. The van der Waals surface area contributed by atoms with Crippen LogP contribution in [0.4, 0.5) is 0 Å². The first-order valence-electron chi connectivity index (χ1n) is 10.3. The van der Waals surface area contributed by atoms with E-state index in [1.807, 2.05) is 18.0 Å². The predicted molar refractivity (Wildman–Crippen MR) is 108 cm³/mol. The highest BCUT2D eigenvalue weighted by Crippen LogP contribution is 2.29. The van der Waals surface area contributed by atoms with Gasteiger partial charge in [0.2, 0.25) is 0 Å². The molecule has 2 aromatic heterocycles. The zero-order valence-corrected chi connectivity index (χ0v) is 17.2. The topological polar surface area (TPSA) is 50.3 Å². The van der Waals surface area contributed by atoms with Crippen molar-refractivity contribution in [2.75, 3.05) is 38.5 Å². The summed E-state index contributed by atoms with van der Waals surface area (Å²) in [5, 5.41) is 10.1. The van der Waals surface area contributed by atoms with Crippen molar-refractivity contribution in [2.24, 2.45) is 7.05 Å². The normalized spacial score (nSPS) is 20.3. The van der Waals surface area contributed by atoms with E-state index in [0.717, 1.165) is 43.4 Å². The third-order valence-corrected chi connectivity index (χ3v) is 6.90. The molecule has 2 aliphatic rings. The molecule has 0 unspecified atom stereocenters. The van der Waals surface area contributed by atoms with Crippen LogP contribution in [0.5, 0.6) is 0 Å². The van der Waals surface area contributed by atoms with Gasteiger partial charge < -0.3 is 13.9 Å². The Morgan fingerprint density at radius 1 is 1.07 bits per heavy atom. The Hall–Kier alpha value is -1.31. The molecule has 2 fully saturated rings. The fourth-order valence-electron chi connectivity index (χ4n) is 4.25. The van der Waals surface area contributed by atoms with Gasteiger partial charge in [-0.1, -0.05) is 18.2 Å². The monoisotopic (exact) mass is 389 g/mol. The van der Waals surface area contributed by atoms with Crippen molar-refractivity contribution < 1.29 is 4.42 Å². The van der Waals surface area contributed by atoms with Gasteiger partial charge in [0.15, 0.2) is 5.16 Å². The predicted octanol–water partition coefficient (Wildman–Crippen LogP) is 3.37. The van der Waals surface area contributed by atoms with E-state index in [0.29, 0.717) is 5.92 Å². The molecule has 6 nitrogen and oxygen atoms in total. The molecule has 0 bridgehead atoms. The Labute approximate surface area is 166 Å². The van der Waals surface area contributed by atoms with Gasteiger partial charge in [-0.2, -0.15) is 0 Å². The minimum absolute atomic E-state index is 0.527. The number of hydrogen-bond acceptors (Lipinski definition) is 6. The van der Waals surface area contributed by atoms with E-state index in [-0.39, 0.29) is 0 Å². The van der Waals surface area contributed by atoms with Crippen molar-refractivity contribution >= 4 is 11.8 Å². The lowest BCUT2D eigenvalue weighted by Gasteiger charge is -2.31. The third-order valence-electron chi connectivity index (χ3n) is 5.89. The first kappa shape index (κ1) is 19.0. The number of thioether (sulfide) groups is 1. The lowest BCUT2D eigenvalue weighted by Crippen LogP contribution is -2.33. The summed E-state index contributed by atoms with van der Waals surface area (Å²) in [5.41, 5.74) is 1.26. The van der Waals surface area contributed by atoms with Gasteiger partial charge in [0.1, 0.15) is 5.82 Å². The molecule has 0 aliphatic carbocycles. The van der Waals surface area contributed by atoms with Crippen LogP contribution in [0.3, 0.4) is 0 Å². The molecule has 0 N–H and O–H groups in total. The first-order valence-corrected chi connectivity index (χ1v) is 11.3. The van der Waals surface area contributed by atoms with Crippen molar-refractivity contribution in [3.8, 4) is 0 Å². The summed E-state index contributed by atoms with van der Waals surface area (Å²) in [6, 6.07) is 2.06. The molecule has 0 spiro atoms. The maximum atomic E-state index is 5.18. The Kier molecular flexibility index (Phi) is 6.52. The highest BCUT2D eigenvalue weighted by atomic mass is 32.2. The average Bonchev–Trinajstić information content (AvgIpc) is 3.34. The van der Waals surface area contributed by atoms with E-state index < -0.39 is 0 Å².